The fourth-order valence-electron chi connectivity index (χ4n) is 3.21. The largest absolute Gasteiger partial charge is 0.497 e. The van der Waals surface area contributed by atoms with E-state index in [2.05, 4.69) is 28.8 Å². The number of carbonyl (C=O) groups is 2. The van der Waals surface area contributed by atoms with Crippen molar-refractivity contribution >= 4 is 34.0 Å². The smallest absolute Gasteiger partial charge is 0.241 e. The molecule has 0 aliphatic heterocycles. The molecule has 0 bridgehead atoms. The highest BCUT2D eigenvalue weighted by atomic mass is 16.5. The molecule has 2 N–H and O–H groups in total. The molecule has 0 aliphatic carbocycles. The lowest BCUT2D eigenvalue weighted by atomic mass is 10.1. The van der Waals surface area contributed by atoms with Crippen LogP contribution in [0, 0.1) is 0 Å². The number of rotatable bonds is 7. The number of amides is 2. The molecule has 3 aromatic rings. The molecule has 0 unspecified atom stereocenters. The Labute approximate surface area is 176 Å². The molecule has 3 aromatic carbocycles. The summed E-state index contributed by atoms with van der Waals surface area (Å²) in [7, 11) is 3.59. The Morgan fingerprint density at radius 2 is 1.53 bits per heavy atom. The predicted molar refractivity (Wildman–Crippen MR) is 121 cm³/mol. The second-order valence-corrected chi connectivity index (χ2v) is 7.39. The minimum Gasteiger partial charge on any atom is -0.497 e. The lowest BCUT2D eigenvalue weighted by Crippen LogP contribution is -2.39. The van der Waals surface area contributed by atoms with Crippen LogP contribution in [0.25, 0.3) is 10.8 Å². The van der Waals surface area contributed by atoms with E-state index in [0.717, 1.165) is 22.1 Å². The molecular formula is C24H27N3O3. The molecule has 0 aliphatic rings. The maximum Gasteiger partial charge on any atom is 0.241 e. The van der Waals surface area contributed by atoms with Crippen LogP contribution < -0.4 is 15.4 Å². The van der Waals surface area contributed by atoms with E-state index in [-0.39, 0.29) is 17.9 Å². The Kier molecular flexibility index (Phi) is 6.69. The second kappa shape index (κ2) is 9.41. The fraction of sp³-hybridized carbons (Fsp3) is 0.250. The Morgan fingerprint density at radius 3 is 2.17 bits per heavy atom. The Bertz CT molecular complexity index is 1050. The average Bonchev–Trinajstić information content (AvgIpc) is 2.73. The van der Waals surface area contributed by atoms with Gasteiger partial charge in [0.15, 0.2) is 0 Å². The van der Waals surface area contributed by atoms with Crippen molar-refractivity contribution in [3.8, 4) is 5.75 Å². The number of nitrogens with zero attached hydrogens (tertiary/aromatic N) is 1. The highest BCUT2D eigenvalue weighted by Crippen LogP contribution is 2.23. The van der Waals surface area contributed by atoms with Gasteiger partial charge in [0, 0.05) is 24.8 Å². The van der Waals surface area contributed by atoms with E-state index < -0.39 is 0 Å². The van der Waals surface area contributed by atoms with Gasteiger partial charge in [-0.1, -0.05) is 18.2 Å². The Morgan fingerprint density at radius 1 is 0.933 bits per heavy atom. The Balaban J connectivity index is 1.61. The standard InChI is InChI=1S/C24H27N3O3/c1-16(24(29)26-22-10-8-21(9-11-22)25-17(2)28)27(3)15-18-5-6-20-14-23(30-4)12-7-19(20)13-18/h5-14,16H,15H2,1-4H3,(H,25,28)(H,26,29)/t16-/m0/s1. The summed E-state index contributed by atoms with van der Waals surface area (Å²) in [5.74, 6) is 0.618. The van der Waals surface area contributed by atoms with Crippen LogP contribution in [0.4, 0.5) is 11.4 Å². The summed E-state index contributed by atoms with van der Waals surface area (Å²) in [5.41, 5.74) is 2.52. The van der Waals surface area contributed by atoms with E-state index in [1.54, 1.807) is 31.4 Å². The van der Waals surface area contributed by atoms with Crippen molar-refractivity contribution < 1.29 is 14.3 Å². The molecule has 156 valence electrons. The lowest BCUT2D eigenvalue weighted by Gasteiger charge is -2.24. The van der Waals surface area contributed by atoms with Crippen LogP contribution in [0.1, 0.15) is 19.4 Å². The normalized spacial score (nSPS) is 11.9. The molecule has 0 heterocycles. The zero-order valence-electron chi connectivity index (χ0n) is 17.7. The number of methoxy groups -OCH3 is 1. The van der Waals surface area contributed by atoms with Crippen molar-refractivity contribution in [2.24, 2.45) is 0 Å². The van der Waals surface area contributed by atoms with Gasteiger partial charge < -0.3 is 15.4 Å². The molecule has 0 spiro atoms. The molecule has 1 atom stereocenters. The molecule has 6 nitrogen and oxygen atoms in total. The second-order valence-electron chi connectivity index (χ2n) is 7.39. The van der Waals surface area contributed by atoms with Gasteiger partial charge in [-0.05, 0) is 72.8 Å². The van der Waals surface area contributed by atoms with E-state index in [1.165, 1.54) is 6.92 Å². The first-order valence-corrected chi connectivity index (χ1v) is 9.81. The van der Waals surface area contributed by atoms with Crippen LogP contribution in [0.5, 0.6) is 5.75 Å². The minimum atomic E-state index is -0.313. The number of hydrogen-bond acceptors (Lipinski definition) is 4. The average molecular weight is 405 g/mol. The zero-order chi connectivity index (χ0) is 21.7. The third kappa shape index (κ3) is 5.36. The van der Waals surface area contributed by atoms with Gasteiger partial charge in [-0.2, -0.15) is 0 Å². The molecule has 0 saturated carbocycles. The van der Waals surface area contributed by atoms with Crippen LogP contribution in [0.3, 0.4) is 0 Å². The maximum atomic E-state index is 12.7. The van der Waals surface area contributed by atoms with Gasteiger partial charge >= 0.3 is 0 Å². The van der Waals surface area contributed by atoms with Gasteiger partial charge in [0.05, 0.1) is 13.2 Å². The van der Waals surface area contributed by atoms with E-state index in [9.17, 15) is 9.59 Å². The third-order valence-corrected chi connectivity index (χ3v) is 5.06. The molecule has 0 aromatic heterocycles. The number of likely N-dealkylation sites (N-methyl/N-ethyl adjacent to an activating group) is 1. The summed E-state index contributed by atoms with van der Waals surface area (Å²) in [5, 5.41) is 7.89. The topological polar surface area (TPSA) is 70.7 Å². The van der Waals surface area contributed by atoms with Crippen molar-refractivity contribution in [2.45, 2.75) is 26.4 Å². The van der Waals surface area contributed by atoms with Crippen molar-refractivity contribution in [3.05, 3.63) is 66.2 Å². The van der Waals surface area contributed by atoms with Crippen molar-refractivity contribution in [1.82, 2.24) is 4.90 Å². The number of benzene rings is 3. The zero-order valence-corrected chi connectivity index (χ0v) is 17.7. The molecule has 0 radical (unpaired) electrons. The van der Waals surface area contributed by atoms with Crippen molar-refractivity contribution in [1.29, 1.82) is 0 Å². The van der Waals surface area contributed by atoms with E-state index >= 15 is 0 Å². The number of hydrogen-bond donors (Lipinski definition) is 2. The highest BCUT2D eigenvalue weighted by Gasteiger charge is 2.18. The molecule has 2 amide bonds. The first-order chi connectivity index (χ1) is 14.4. The first kappa shape index (κ1) is 21.3. The van der Waals surface area contributed by atoms with Gasteiger partial charge in [-0.3, -0.25) is 14.5 Å². The van der Waals surface area contributed by atoms with E-state index in [4.69, 9.17) is 4.74 Å². The van der Waals surface area contributed by atoms with Crippen molar-refractivity contribution in [3.63, 3.8) is 0 Å². The number of carbonyl (C=O) groups excluding carboxylic acids is 2. The molecule has 30 heavy (non-hydrogen) atoms. The molecule has 6 heteroatoms. The first-order valence-electron chi connectivity index (χ1n) is 9.81. The van der Waals surface area contributed by atoms with Crippen LogP contribution in [0.15, 0.2) is 60.7 Å². The SMILES string of the molecule is COc1ccc2cc(CN(C)[C@@H](C)C(=O)Nc3ccc(NC(C)=O)cc3)ccc2c1. The molecule has 0 saturated heterocycles. The predicted octanol–water partition coefficient (Wildman–Crippen LogP) is 4.27. The summed E-state index contributed by atoms with van der Waals surface area (Å²) >= 11 is 0. The van der Waals surface area contributed by atoms with Crippen LogP contribution in [-0.4, -0.2) is 36.9 Å². The van der Waals surface area contributed by atoms with E-state index in [0.29, 0.717) is 17.9 Å². The molecular weight excluding hydrogens is 378 g/mol. The van der Waals surface area contributed by atoms with Crippen LogP contribution in [0.2, 0.25) is 0 Å². The molecule has 0 fully saturated rings. The summed E-state index contributed by atoms with van der Waals surface area (Å²) in [4.78, 5) is 25.8. The number of anilines is 2. The monoisotopic (exact) mass is 405 g/mol. The van der Waals surface area contributed by atoms with Gasteiger partial charge in [0.1, 0.15) is 5.75 Å². The maximum absolute atomic E-state index is 12.7. The molecule has 3 rings (SSSR count). The Hall–Kier alpha value is -3.38. The number of nitrogens with one attached hydrogen (secondary N) is 2. The fourth-order valence-corrected chi connectivity index (χ4v) is 3.21. The summed E-state index contributed by atoms with van der Waals surface area (Å²) in [6.45, 7) is 3.99. The summed E-state index contributed by atoms with van der Waals surface area (Å²) < 4.78 is 5.28. The number of ether oxygens (including phenoxy) is 1. The van der Waals surface area contributed by atoms with Gasteiger partial charge in [-0.25, -0.2) is 0 Å². The lowest BCUT2D eigenvalue weighted by molar-refractivity contribution is -0.120. The summed E-state index contributed by atoms with van der Waals surface area (Å²) in [6, 6.07) is 19.0. The quantitative estimate of drug-likeness (QED) is 0.616. The van der Waals surface area contributed by atoms with Crippen molar-refractivity contribution in [2.75, 3.05) is 24.8 Å². The van der Waals surface area contributed by atoms with Gasteiger partial charge in [-0.15, -0.1) is 0 Å². The van der Waals surface area contributed by atoms with Crippen LogP contribution in [-0.2, 0) is 16.1 Å². The van der Waals surface area contributed by atoms with Crippen LogP contribution >= 0.6 is 0 Å². The van der Waals surface area contributed by atoms with E-state index in [1.807, 2.05) is 37.1 Å². The summed E-state index contributed by atoms with van der Waals surface area (Å²) in [6.07, 6.45) is 0. The number of fused-ring (bicyclic) bond motifs is 1. The van der Waals surface area contributed by atoms with Gasteiger partial charge in [0.25, 0.3) is 0 Å². The minimum absolute atomic E-state index is 0.0877. The highest BCUT2D eigenvalue weighted by molar-refractivity contribution is 5.95. The van der Waals surface area contributed by atoms with Gasteiger partial charge in [0.2, 0.25) is 11.8 Å². The third-order valence-electron chi connectivity index (χ3n) is 5.06.